The standard InChI is InChI=1S/4C6HF5O.B/c4*7-1-2(8)4(10)6(12)5(11)3(1)9;/h4*12H;. The highest BCUT2D eigenvalue weighted by atomic mass is 19.2. The molecule has 0 saturated heterocycles. The minimum absolute atomic E-state index is 0. The molecule has 25 heteroatoms. The maximum Gasteiger partial charge on any atom is 0.206 e. The molecule has 0 fully saturated rings. The normalized spacial score (nSPS) is 10.2. The van der Waals surface area contributed by atoms with Crippen LogP contribution in [0, 0.1) is 116 Å². The summed E-state index contributed by atoms with van der Waals surface area (Å²) >= 11 is 0. The zero-order chi connectivity index (χ0) is 37.9. The molecule has 0 spiro atoms. The summed E-state index contributed by atoms with van der Waals surface area (Å²) in [6.45, 7) is 0. The van der Waals surface area contributed by atoms with Gasteiger partial charge >= 0.3 is 0 Å². The molecule has 4 rings (SSSR count). The predicted molar refractivity (Wildman–Crippen MR) is 117 cm³/mol. The summed E-state index contributed by atoms with van der Waals surface area (Å²) in [5.74, 6) is -51.8. The Morgan fingerprint density at radius 3 is 0.306 bits per heavy atom. The van der Waals surface area contributed by atoms with Crippen molar-refractivity contribution in [1.29, 1.82) is 0 Å². The minimum atomic E-state index is -2.29. The van der Waals surface area contributed by atoms with Crippen molar-refractivity contribution in [1.82, 2.24) is 0 Å². The van der Waals surface area contributed by atoms with E-state index in [9.17, 15) is 87.8 Å². The molecule has 0 atom stereocenters. The average molecular weight is 747 g/mol. The van der Waals surface area contributed by atoms with Crippen molar-refractivity contribution >= 4 is 8.41 Å². The number of hydrogen-bond donors (Lipinski definition) is 4. The number of hydrogen-bond acceptors (Lipinski definition) is 4. The molecular weight excluding hydrogens is 743 g/mol. The van der Waals surface area contributed by atoms with E-state index in [0.717, 1.165) is 0 Å². The van der Waals surface area contributed by atoms with Crippen molar-refractivity contribution < 1.29 is 108 Å². The fourth-order valence-electron chi connectivity index (χ4n) is 2.37. The molecular formula is C24H4BF20O4. The highest BCUT2D eigenvalue weighted by molar-refractivity contribution is 5.75. The third-order valence-electron chi connectivity index (χ3n) is 4.75. The van der Waals surface area contributed by atoms with Gasteiger partial charge in [-0.1, -0.05) is 0 Å². The van der Waals surface area contributed by atoms with E-state index >= 15 is 0 Å². The molecule has 0 aliphatic heterocycles. The molecule has 0 bridgehead atoms. The number of halogens is 20. The van der Waals surface area contributed by atoms with E-state index in [0.29, 0.717) is 0 Å². The summed E-state index contributed by atoms with van der Waals surface area (Å²) in [4.78, 5) is 0. The topological polar surface area (TPSA) is 80.9 Å². The average Bonchev–Trinajstić information content (AvgIpc) is 3.08. The Morgan fingerprint density at radius 2 is 0.224 bits per heavy atom. The van der Waals surface area contributed by atoms with Crippen LogP contribution in [-0.2, 0) is 0 Å². The SMILES string of the molecule is Oc1c(F)c(F)c(F)c(F)c1F.Oc1c(F)c(F)c(F)c(F)c1F.Oc1c(F)c(F)c(F)c(F)c1F.Oc1c(F)c(F)c(F)c(F)c1F.[B]. The molecule has 0 aliphatic rings. The largest absolute Gasteiger partial charge is 0.503 e. The first-order chi connectivity index (χ1) is 21.9. The molecule has 4 aromatic rings. The molecule has 0 saturated carbocycles. The second-order valence-corrected chi connectivity index (χ2v) is 7.67. The van der Waals surface area contributed by atoms with E-state index in [1.165, 1.54) is 0 Å². The van der Waals surface area contributed by atoms with Gasteiger partial charge in [-0.2, -0.15) is 35.1 Å². The lowest BCUT2D eigenvalue weighted by atomic mass is 10.3. The lowest BCUT2D eigenvalue weighted by Gasteiger charge is -2.00. The van der Waals surface area contributed by atoms with Gasteiger partial charge in [0.15, 0.2) is 23.0 Å². The molecule has 4 aromatic carbocycles. The van der Waals surface area contributed by atoms with Crippen LogP contribution in [0.1, 0.15) is 0 Å². The fraction of sp³-hybridized carbons (Fsp3) is 0. The van der Waals surface area contributed by atoms with Crippen molar-refractivity contribution in [2.45, 2.75) is 0 Å². The van der Waals surface area contributed by atoms with Crippen molar-refractivity contribution in [3.8, 4) is 23.0 Å². The Balaban J connectivity index is 0.000000623. The number of phenols is 4. The van der Waals surface area contributed by atoms with Gasteiger partial charge in [-0.15, -0.1) is 0 Å². The second-order valence-electron chi connectivity index (χ2n) is 7.67. The van der Waals surface area contributed by atoms with E-state index < -0.39 is 139 Å². The highest BCUT2D eigenvalue weighted by Crippen LogP contribution is 2.30. The van der Waals surface area contributed by atoms with Gasteiger partial charge in [-0.3, -0.25) is 0 Å². The molecule has 3 radical (unpaired) electrons. The van der Waals surface area contributed by atoms with Crippen LogP contribution in [0.4, 0.5) is 87.8 Å². The zero-order valence-corrected chi connectivity index (χ0v) is 21.9. The van der Waals surface area contributed by atoms with Gasteiger partial charge in [0.1, 0.15) is 0 Å². The quantitative estimate of drug-likeness (QED) is 0.0638. The molecule has 0 heterocycles. The van der Waals surface area contributed by atoms with Crippen LogP contribution in [0.5, 0.6) is 23.0 Å². The first-order valence-corrected chi connectivity index (χ1v) is 10.7. The molecule has 0 unspecified atom stereocenters. The Labute approximate surface area is 256 Å². The molecule has 4 N–H and O–H groups in total. The minimum Gasteiger partial charge on any atom is -0.503 e. The maximum absolute atomic E-state index is 12.2. The monoisotopic (exact) mass is 747 g/mol. The summed E-state index contributed by atoms with van der Waals surface area (Å²) in [5.41, 5.74) is 0. The van der Waals surface area contributed by atoms with E-state index in [2.05, 4.69) is 0 Å². The first kappa shape index (κ1) is 43.7. The highest BCUT2D eigenvalue weighted by Gasteiger charge is 2.27. The van der Waals surface area contributed by atoms with Gasteiger partial charge < -0.3 is 20.4 Å². The summed E-state index contributed by atoms with van der Waals surface area (Å²) in [6, 6.07) is 0. The Morgan fingerprint density at radius 1 is 0.163 bits per heavy atom. The summed E-state index contributed by atoms with van der Waals surface area (Å²) in [6.07, 6.45) is 0. The summed E-state index contributed by atoms with van der Waals surface area (Å²) < 4.78 is 243. The van der Waals surface area contributed by atoms with Crippen molar-refractivity contribution in [3.05, 3.63) is 116 Å². The Bertz CT molecular complexity index is 1200. The number of aromatic hydroxyl groups is 4. The van der Waals surface area contributed by atoms with Crippen molar-refractivity contribution in [2.75, 3.05) is 0 Å². The predicted octanol–water partition coefficient (Wildman–Crippen LogP) is 7.97. The molecule has 0 aromatic heterocycles. The van der Waals surface area contributed by atoms with Gasteiger partial charge in [-0.25, -0.2) is 52.7 Å². The lowest BCUT2D eigenvalue weighted by molar-refractivity contribution is 0.325. The number of rotatable bonds is 0. The number of phenolic OH excluding ortho intramolecular Hbond substituents is 4. The fourth-order valence-corrected chi connectivity index (χ4v) is 2.37. The molecule has 267 valence electrons. The number of benzene rings is 4. The molecule has 0 amide bonds. The van der Waals surface area contributed by atoms with Gasteiger partial charge in [0.2, 0.25) is 116 Å². The third-order valence-corrected chi connectivity index (χ3v) is 4.75. The third kappa shape index (κ3) is 8.62. The second kappa shape index (κ2) is 16.7. The van der Waals surface area contributed by atoms with E-state index in [4.69, 9.17) is 20.4 Å². The van der Waals surface area contributed by atoms with Gasteiger partial charge in [-0.05, 0) is 0 Å². The first-order valence-electron chi connectivity index (χ1n) is 10.7. The van der Waals surface area contributed by atoms with E-state index in [1.807, 2.05) is 0 Å². The zero-order valence-electron chi connectivity index (χ0n) is 21.9. The van der Waals surface area contributed by atoms with Crippen LogP contribution in [-0.4, -0.2) is 28.8 Å². The Kier molecular flexibility index (Phi) is 14.9. The Hall–Kier alpha value is -5.26. The van der Waals surface area contributed by atoms with Crippen LogP contribution in [0.25, 0.3) is 0 Å². The summed E-state index contributed by atoms with van der Waals surface area (Å²) in [5, 5.41) is 33.2. The van der Waals surface area contributed by atoms with Gasteiger partial charge in [0.25, 0.3) is 0 Å². The van der Waals surface area contributed by atoms with E-state index in [-0.39, 0.29) is 8.41 Å². The van der Waals surface area contributed by atoms with Crippen LogP contribution < -0.4 is 0 Å². The maximum atomic E-state index is 12.2. The van der Waals surface area contributed by atoms with Crippen LogP contribution in [0.3, 0.4) is 0 Å². The molecule has 49 heavy (non-hydrogen) atoms. The smallest absolute Gasteiger partial charge is 0.206 e. The van der Waals surface area contributed by atoms with Gasteiger partial charge in [0, 0.05) is 8.41 Å². The van der Waals surface area contributed by atoms with Crippen molar-refractivity contribution in [2.24, 2.45) is 0 Å². The lowest BCUT2D eigenvalue weighted by Crippen LogP contribution is -2.00. The summed E-state index contributed by atoms with van der Waals surface area (Å²) in [7, 11) is 0. The molecule has 0 aliphatic carbocycles. The van der Waals surface area contributed by atoms with Gasteiger partial charge in [0.05, 0.1) is 0 Å². The van der Waals surface area contributed by atoms with E-state index in [1.54, 1.807) is 0 Å². The van der Waals surface area contributed by atoms with Crippen LogP contribution in [0.2, 0.25) is 0 Å². The van der Waals surface area contributed by atoms with Crippen LogP contribution >= 0.6 is 0 Å². The van der Waals surface area contributed by atoms with Crippen molar-refractivity contribution in [3.63, 3.8) is 0 Å². The van der Waals surface area contributed by atoms with Crippen LogP contribution in [0.15, 0.2) is 0 Å². The molecule has 4 nitrogen and oxygen atoms in total.